The zero-order valence-electron chi connectivity index (χ0n) is 15.3. The molecule has 3 heteroatoms. The second-order valence-electron chi connectivity index (χ2n) is 7.01. The van der Waals surface area contributed by atoms with Crippen LogP contribution in [0.15, 0.2) is 0 Å². The number of hydrogen-bond donors (Lipinski definition) is 0. The molecule has 0 bridgehead atoms. The van der Waals surface area contributed by atoms with Crippen molar-refractivity contribution in [1.29, 1.82) is 0 Å². The average Bonchev–Trinajstić information content (AvgIpc) is 2.33. The molecule has 0 N–H and O–H groups in total. The van der Waals surface area contributed by atoms with Crippen molar-refractivity contribution in [3.8, 4) is 0 Å². The molecule has 0 unspecified atom stereocenters. The van der Waals surface area contributed by atoms with Crippen LogP contribution in [0.3, 0.4) is 0 Å². The van der Waals surface area contributed by atoms with Crippen LogP contribution in [-0.4, -0.2) is 73.1 Å². The van der Waals surface area contributed by atoms with E-state index in [-0.39, 0.29) is 0 Å². The molecule has 0 aromatic carbocycles. The highest BCUT2D eigenvalue weighted by Crippen LogP contribution is 2.06. The van der Waals surface area contributed by atoms with Gasteiger partial charge in [0.25, 0.3) is 0 Å². The van der Waals surface area contributed by atoms with Gasteiger partial charge in [-0.2, -0.15) is 0 Å². The smallest absolute Gasteiger partial charge is 0.00413 e. The van der Waals surface area contributed by atoms with Crippen molar-refractivity contribution in [3.63, 3.8) is 0 Å². The molecule has 0 radical (unpaired) electrons. The summed E-state index contributed by atoms with van der Waals surface area (Å²) in [6, 6.07) is 1.96. The van der Waals surface area contributed by atoms with Crippen molar-refractivity contribution < 1.29 is 0 Å². The summed E-state index contributed by atoms with van der Waals surface area (Å²) in [7, 11) is 4.47. The summed E-state index contributed by atoms with van der Waals surface area (Å²) in [6.07, 6.45) is 2.54. The first kappa shape index (κ1) is 19.9. The van der Waals surface area contributed by atoms with Gasteiger partial charge < -0.3 is 9.80 Å². The number of hydrogen-bond acceptors (Lipinski definition) is 3. The molecule has 122 valence electrons. The quantitative estimate of drug-likeness (QED) is 0.577. The van der Waals surface area contributed by atoms with Gasteiger partial charge >= 0.3 is 0 Å². The van der Waals surface area contributed by atoms with E-state index in [1.807, 2.05) is 0 Å². The third kappa shape index (κ3) is 8.93. The molecule has 0 atom stereocenters. The molecule has 20 heavy (non-hydrogen) atoms. The average molecular weight is 286 g/mol. The molecule has 0 aliphatic carbocycles. The van der Waals surface area contributed by atoms with E-state index in [1.54, 1.807) is 0 Å². The monoisotopic (exact) mass is 285 g/mol. The number of nitrogens with zero attached hydrogens (tertiary/aromatic N) is 3. The van der Waals surface area contributed by atoms with E-state index in [0.29, 0.717) is 18.1 Å². The Bertz CT molecular complexity index is 218. The topological polar surface area (TPSA) is 9.72 Å². The fourth-order valence-electron chi connectivity index (χ4n) is 2.60. The van der Waals surface area contributed by atoms with E-state index in [2.05, 4.69) is 70.3 Å². The summed E-state index contributed by atoms with van der Waals surface area (Å²) < 4.78 is 0. The van der Waals surface area contributed by atoms with Crippen LogP contribution in [-0.2, 0) is 0 Å². The van der Waals surface area contributed by atoms with Gasteiger partial charge in [-0.25, -0.2) is 0 Å². The fraction of sp³-hybridized carbons (Fsp3) is 1.00. The highest BCUT2D eigenvalue weighted by Gasteiger charge is 2.12. The van der Waals surface area contributed by atoms with E-state index in [9.17, 15) is 0 Å². The molecule has 0 saturated heterocycles. The van der Waals surface area contributed by atoms with E-state index in [0.717, 1.165) is 0 Å². The summed E-state index contributed by atoms with van der Waals surface area (Å²) in [5, 5.41) is 0. The Morgan fingerprint density at radius 2 is 1.05 bits per heavy atom. The van der Waals surface area contributed by atoms with Gasteiger partial charge in [-0.3, -0.25) is 4.90 Å². The van der Waals surface area contributed by atoms with Gasteiger partial charge in [0, 0.05) is 18.1 Å². The third-order valence-corrected chi connectivity index (χ3v) is 4.21. The predicted molar refractivity (Wildman–Crippen MR) is 91.5 cm³/mol. The zero-order valence-corrected chi connectivity index (χ0v) is 15.3. The second kappa shape index (κ2) is 10.6. The molecule has 0 aromatic rings. The Hall–Kier alpha value is -0.120. The SMILES string of the molecule is CC(C)N(C)CCCN(C)CCCN(C(C)C)C(C)C. The summed E-state index contributed by atoms with van der Waals surface area (Å²) in [5.74, 6) is 0. The van der Waals surface area contributed by atoms with Crippen LogP contribution in [0, 0.1) is 0 Å². The minimum Gasteiger partial charge on any atom is -0.306 e. The Morgan fingerprint density at radius 3 is 1.45 bits per heavy atom. The Morgan fingerprint density at radius 1 is 0.600 bits per heavy atom. The van der Waals surface area contributed by atoms with Gasteiger partial charge in [-0.1, -0.05) is 0 Å². The molecule has 0 rings (SSSR count). The third-order valence-electron chi connectivity index (χ3n) is 4.21. The van der Waals surface area contributed by atoms with Crippen LogP contribution in [0.4, 0.5) is 0 Å². The van der Waals surface area contributed by atoms with Crippen molar-refractivity contribution in [1.82, 2.24) is 14.7 Å². The minimum absolute atomic E-state index is 0.653. The van der Waals surface area contributed by atoms with Crippen LogP contribution >= 0.6 is 0 Å². The lowest BCUT2D eigenvalue weighted by Crippen LogP contribution is -2.39. The zero-order chi connectivity index (χ0) is 15.7. The van der Waals surface area contributed by atoms with Gasteiger partial charge in [0.15, 0.2) is 0 Å². The highest BCUT2D eigenvalue weighted by molar-refractivity contribution is 4.68. The predicted octanol–water partition coefficient (Wildman–Crippen LogP) is 3.16. The van der Waals surface area contributed by atoms with E-state index in [1.165, 1.54) is 39.0 Å². The molecule has 0 fully saturated rings. The normalized spacial score (nSPS) is 12.9. The Labute approximate surface area is 128 Å². The van der Waals surface area contributed by atoms with Crippen LogP contribution in [0.1, 0.15) is 54.4 Å². The standard InChI is InChI=1S/C17H39N3/c1-15(2)19(8)13-9-11-18(7)12-10-14-20(16(3)4)17(5)6/h15-17H,9-14H2,1-8H3. The lowest BCUT2D eigenvalue weighted by Gasteiger charge is -2.31. The van der Waals surface area contributed by atoms with Crippen molar-refractivity contribution in [2.45, 2.75) is 72.5 Å². The van der Waals surface area contributed by atoms with Crippen LogP contribution < -0.4 is 0 Å². The molecule has 0 aliphatic rings. The first-order valence-electron chi connectivity index (χ1n) is 8.40. The van der Waals surface area contributed by atoms with Gasteiger partial charge in [0.1, 0.15) is 0 Å². The lowest BCUT2D eigenvalue weighted by molar-refractivity contribution is 0.163. The summed E-state index contributed by atoms with van der Waals surface area (Å²) in [5.41, 5.74) is 0. The van der Waals surface area contributed by atoms with Crippen molar-refractivity contribution in [3.05, 3.63) is 0 Å². The molecule has 0 aromatic heterocycles. The molecular formula is C17H39N3. The minimum atomic E-state index is 0.653. The summed E-state index contributed by atoms with van der Waals surface area (Å²) in [6.45, 7) is 18.5. The fourth-order valence-corrected chi connectivity index (χ4v) is 2.60. The largest absolute Gasteiger partial charge is 0.306 e. The maximum atomic E-state index is 2.58. The molecule has 0 spiro atoms. The van der Waals surface area contributed by atoms with Gasteiger partial charge in [-0.05, 0) is 94.7 Å². The highest BCUT2D eigenvalue weighted by atomic mass is 15.2. The second-order valence-corrected chi connectivity index (χ2v) is 7.01. The molecular weight excluding hydrogens is 246 g/mol. The molecule has 0 saturated carbocycles. The van der Waals surface area contributed by atoms with E-state index < -0.39 is 0 Å². The first-order chi connectivity index (χ1) is 9.25. The molecule has 0 heterocycles. The number of rotatable bonds is 11. The van der Waals surface area contributed by atoms with Crippen LogP contribution in [0.5, 0.6) is 0 Å². The van der Waals surface area contributed by atoms with Crippen LogP contribution in [0.25, 0.3) is 0 Å². The summed E-state index contributed by atoms with van der Waals surface area (Å²) in [4.78, 5) is 7.49. The van der Waals surface area contributed by atoms with Crippen LogP contribution in [0.2, 0.25) is 0 Å². The maximum absolute atomic E-state index is 2.58. The molecule has 0 amide bonds. The Balaban J connectivity index is 3.75. The summed E-state index contributed by atoms with van der Waals surface area (Å²) >= 11 is 0. The van der Waals surface area contributed by atoms with E-state index >= 15 is 0 Å². The lowest BCUT2D eigenvalue weighted by atomic mass is 10.2. The maximum Gasteiger partial charge on any atom is 0.00413 e. The van der Waals surface area contributed by atoms with Gasteiger partial charge in [0.05, 0.1) is 0 Å². The van der Waals surface area contributed by atoms with Crippen molar-refractivity contribution in [2.24, 2.45) is 0 Å². The Kier molecular flexibility index (Phi) is 10.5. The van der Waals surface area contributed by atoms with Gasteiger partial charge in [0.2, 0.25) is 0 Å². The van der Waals surface area contributed by atoms with Gasteiger partial charge in [-0.15, -0.1) is 0 Å². The van der Waals surface area contributed by atoms with Crippen molar-refractivity contribution in [2.75, 3.05) is 40.3 Å². The van der Waals surface area contributed by atoms with E-state index in [4.69, 9.17) is 0 Å². The van der Waals surface area contributed by atoms with Crippen molar-refractivity contribution >= 4 is 0 Å². The molecule has 0 aliphatic heterocycles. The molecule has 3 nitrogen and oxygen atoms in total. The first-order valence-corrected chi connectivity index (χ1v) is 8.40.